The van der Waals surface area contributed by atoms with Gasteiger partial charge in [0.15, 0.2) is 24.8 Å². The van der Waals surface area contributed by atoms with E-state index >= 15 is 0 Å². The van der Waals surface area contributed by atoms with Crippen LogP contribution in [0.1, 0.15) is 37.5 Å². The molecule has 8 aromatic heterocycles. The number of rotatable bonds is 8. The van der Waals surface area contributed by atoms with Crippen LogP contribution < -0.4 is 18.3 Å². The maximum atomic E-state index is 13.4. The standard InChI is InChI=1S/2C30H24NO.C29H21FNO.C29H22NO/c1-19-13-15-24-29-23-12-8-7-11-22(23)14-16-27(29)32-30(24)28(19)26-17-25(20(2)18-31(26)3)21-9-5-4-6-10-21;1-19-8-11-21(12-9-19)23-16-17-31(3)26(18-23)28-20(2)10-14-25-29-24-7-5-4-6-22(24)13-15-27(29)32-30(25)28;1-18-7-13-24-28-23-6-4-3-5-20(23)10-14-26(28)32-29(24)27(18)25-17-21(15-16-31(25)2)19-8-11-22(30)12-9-19;1-19-12-14-24-28-23-11-7-6-10-21(23)13-15-26(28)31-29(24)27(19)25-18-22(16-17-30(25)2)20-8-4-3-5-9-20/h2*4-18H,1-3H3;3-17H,1-2H3;3-18H,1-2H3/q4*+1/i2D3;;;. The molecule has 0 fully saturated rings. The molecule has 0 N–H and O–H groups in total. The molecule has 0 saturated carbocycles. The van der Waals surface area contributed by atoms with Crippen molar-refractivity contribution < 1.29 is 44.4 Å². The zero-order valence-electron chi connectivity index (χ0n) is 75.0. The molecular formula is C118H91FN4O4+4. The van der Waals surface area contributed by atoms with Crippen molar-refractivity contribution in [3.63, 3.8) is 0 Å². The van der Waals surface area contributed by atoms with Crippen molar-refractivity contribution in [1.29, 1.82) is 0 Å². The number of fused-ring (bicyclic) bond motifs is 20. The first-order valence-corrected chi connectivity index (χ1v) is 43.1. The summed E-state index contributed by atoms with van der Waals surface area (Å²) in [6.45, 7) is 8.40. The Kier molecular flexibility index (Phi) is 19.0. The van der Waals surface area contributed by atoms with Crippen LogP contribution in [0, 0.1) is 47.3 Å². The van der Waals surface area contributed by atoms with Crippen molar-refractivity contribution in [1.82, 2.24) is 0 Å². The first kappa shape index (κ1) is 75.1. The molecule has 610 valence electrons. The summed E-state index contributed by atoms with van der Waals surface area (Å²) in [5.41, 5.74) is 30.5. The van der Waals surface area contributed by atoms with Crippen molar-refractivity contribution in [2.24, 2.45) is 28.2 Å². The Morgan fingerprint density at radius 1 is 0.244 bits per heavy atom. The van der Waals surface area contributed by atoms with Crippen LogP contribution in [0.3, 0.4) is 0 Å². The van der Waals surface area contributed by atoms with Crippen LogP contribution in [-0.4, -0.2) is 0 Å². The van der Waals surface area contributed by atoms with E-state index in [1.807, 2.05) is 85.5 Å². The molecule has 127 heavy (non-hydrogen) atoms. The number of hydrogen-bond acceptors (Lipinski definition) is 4. The minimum absolute atomic E-state index is 0.231. The van der Waals surface area contributed by atoms with Gasteiger partial charge in [0, 0.05) is 95.2 Å². The molecule has 0 aliphatic carbocycles. The molecule has 0 amide bonds. The van der Waals surface area contributed by atoms with Gasteiger partial charge < -0.3 is 17.7 Å². The quantitative estimate of drug-likeness (QED) is 0.142. The third-order valence-electron chi connectivity index (χ3n) is 25.5. The second-order valence-corrected chi connectivity index (χ2v) is 33.5. The highest BCUT2D eigenvalue weighted by Crippen LogP contribution is 2.47. The maximum absolute atomic E-state index is 13.4. The normalized spacial score (nSPS) is 12.0. The van der Waals surface area contributed by atoms with E-state index in [1.54, 1.807) is 6.20 Å². The Labute approximate surface area is 739 Å². The Balaban J connectivity index is 0.000000105. The number of pyridine rings is 4. The van der Waals surface area contributed by atoms with Crippen LogP contribution in [-0.2, 0) is 28.2 Å². The molecule has 0 radical (unpaired) electrons. The molecule has 0 spiro atoms. The highest BCUT2D eigenvalue weighted by molar-refractivity contribution is 6.24. The Morgan fingerprint density at radius 3 is 0.866 bits per heavy atom. The summed E-state index contributed by atoms with van der Waals surface area (Å²) in [6.07, 6.45) is 8.06. The number of aryl methyl sites for hydroxylation is 10. The number of hydrogen-bond donors (Lipinski definition) is 0. The molecule has 0 saturated heterocycles. The summed E-state index contributed by atoms with van der Waals surface area (Å²) in [5, 5.41) is 18.8. The van der Waals surface area contributed by atoms with Gasteiger partial charge >= 0.3 is 0 Å². The maximum Gasteiger partial charge on any atom is 0.216 e. The van der Waals surface area contributed by atoms with Crippen molar-refractivity contribution in [3.05, 3.63) is 410 Å². The summed E-state index contributed by atoms with van der Waals surface area (Å²) in [7, 11) is 8.14. The van der Waals surface area contributed by atoms with Crippen LogP contribution in [0.5, 0.6) is 0 Å². The lowest BCUT2D eigenvalue weighted by Crippen LogP contribution is -2.31. The molecule has 0 bridgehead atoms. The van der Waals surface area contributed by atoms with Gasteiger partial charge in [0.25, 0.3) is 0 Å². The average molecular weight is 1650 g/mol. The van der Waals surface area contributed by atoms with Crippen LogP contribution in [0.4, 0.5) is 4.39 Å². The SMILES string of the molecule is Cc1ccc(-c2cc[n+](C)c(-c3c(C)ccc4c3oc3ccc5ccccc5c34)c2)cc1.Cc1ccc2c(oc3ccc4ccccc4c32)c1-c1cc(-c2ccc(F)cc2)cc[n+]1C.Cc1ccc2c(oc3ccc4ccccc4c32)c1-c1cc(-c2ccccc2)cc[n+]1C.[2H]C([2H])([2H])c1c[n+](C)c(-c2c(C)ccc3c2oc2ccc4ccccc4c23)cc1-c1ccccc1. The predicted octanol–water partition coefficient (Wildman–Crippen LogP) is 29.6. The topological polar surface area (TPSA) is 68.1 Å². The van der Waals surface area contributed by atoms with Crippen molar-refractivity contribution in [2.45, 2.75) is 41.5 Å². The van der Waals surface area contributed by atoms with Gasteiger partial charge in [-0.3, -0.25) is 0 Å². The largest absolute Gasteiger partial charge is 0.455 e. The number of halogens is 1. The van der Waals surface area contributed by atoms with E-state index in [4.69, 9.17) is 21.8 Å². The highest BCUT2D eigenvalue weighted by Gasteiger charge is 2.29. The predicted molar refractivity (Wildman–Crippen MR) is 521 cm³/mol. The zero-order chi connectivity index (χ0) is 88.9. The van der Waals surface area contributed by atoms with Gasteiger partial charge in [-0.1, -0.05) is 272 Å². The van der Waals surface area contributed by atoms with E-state index in [0.717, 1.165) is 155 Å². The van der Waals surface area contributed by atoms with Crippen LogP contribution >= 0.6 is 0 Å². The summed E-state index contributed by atoms with van der Waals surface area (Å²) < 4.78 is 72.3. The summed E-state index contributed by atoms with van der Waals surface area (Å²) in [5.74, 6) is -0.231. The molecule has 0 aliphatic rings. The number of furan rings is 4. The van der Waals surface area contributed by atoms with E-state index < -0.39 is 6.85 Å². The number of benzene rings is 16. The third kappa shape index (κ3) is 14.1. The van der Waals surface area contributed by atoms with Gasteiger partial charge in [0.1, 0.15) is 78.7 Å². The lowest BCUT2D eigenvalue weighted by molar-refractivity contribution is -0.660. The van der Waals surface area contributed by atoms with Gasteiger partial charge in [0.05, 0.1) is 22.3 Å². The minimum Gasteiger partial charge on any atom is -0.455 e. The Bertz CT molecular complexity index is 8390. The van der Waals surface area contributed by atoms with E-state index in [0.29, 0.717) is 11.1 Å². The first-order valence-electron chi connectivity index (χ1n) is 44.6. The van der Waals surface area contributed by atoms with Crippen LogP contribution in [0.25, 0.3) is 220 Å². The van der Waals surface area contributed by atoms with E-state index in [9.17, 15) is 4.39 Å². The van der Waals surface area contributed by atoms with E-state index in [-0.39, 0.29) is 5.82 Å². The molecule has 16 aromatic carbocycles. The van der Waals surface area contributed by atoms with Crippen molar-refractivity contribution in [3.8, 4) is 89.5 Å². The van der Waals surface area contributed by atoms with Crippen molar-refractivity contribution in [2.75, 3.05) is 0 Å². The molecule has 8 nitrogen and oxygen atoms in total. The summed E-state index contributed by atoms with van der Waals surface area (Å²) in [4.78, 5) is 0. The number of aromatic nitrogens is 4. The monoisotopic (exact) mass is 1650 g/mol. The second kappa shape index (κ2) is 32.2. The smallest absolute Gasteiger partial charge is 0.216 e. The van der Waals surface area contributed by atoms with E-state index in [1.165, 1.54) is 99.6 Å². The van der Waals surface area contributed by atoms with Gasteiger partial charge in [-0.25, -0.2) is 22.7 Å². The molecule has 8 heterocycles. The summed E-state index contributed by atoms with van der Waals surface area (Å²) in [6, 6.07) is 119. The van der Waals surface area contributed by atoms with Crippen LogP contribution in [0.2, 0.25) is 0 Å². The molecule has 24 rings (SSSR count). The molecule has 0 aliphatic heterocycles. The summed E-state index contributed by atoms with van der Waals surface area (Å²) >= 11 is 0. The Hall–Kier alpha value is -15.7. The molecule has 24 aromatic rings. The fraction of sp³-hybridized carbons (Fsp3) is 0.0847. The minimum atomic E-state index is -2.24. The van der Waals surface area contributed by atoms with Gasteiger partial charge in [0.2, 0.25) is 22.8 Å². The van der Waals surface area contributed by atoms with Gasteiger partial charge in [-0.2, -0.15) is 0 Å². The molecule has 0 unspecified atom stereocenters. The fourth-order valence-electron chi connectivity index (χ4n) is 18.9. The molecular weight excluding hydrogens is 1560 g/mol. The van der Waals surface area contributed by atoms with Gasteiger partial charge in [-0.15, -0.1) is 0 Å². The molecule has 0 atom stereocenters. The zero-order valence-corrected chi connectivity index (χ0v) is 72.0. The average Bonchev–Trinajstić information content (AvgIpc) is 1.61. The Morgan fingerprint density at radius 2 is 0.535 bits per heavy atom. The lowest BCUT2D eigenvalue weighted by atomic mass is 9.95. The van der Waals surface area contributed by atoms with Crippen LogP contribution in [0.15, 0.2) is 388 Å². The fourth-order valence-corrected chi connectivity index (χ4v) is 18.9. The van der Waals surface area contributed by atoms with Crippen molar-refractivity contribution >= 4 is 131 Å². The van der Waals surface area contributed by atoms with Gasteiger partial charge in [-0.05, 0) is 188 Å². The highest BCUT2D eigenvalue weighted by atomic mass is 19.1. The lowest BCUT2D eigenvalue weighted by Gasteiger charge is -2.10. The first-order chi connectivity index (χ1) is 63.2. The third-order valence-corrected chi connectivity index (χ3v) is 25.5. The second-order valence-electron chi connectivity index (χ2n) is 33.5. The molecule has 9 heteroatoms. The number of nitrogens with zero attached hydrogens (tertiary/aromatic N) is 4. The van der Waals surface area contributed by atoms with E-state index in [2.05, 4.69) is 348 Å².